The van der Waals surface area contributed by atoms with Gasteiger partial charge in [-0.1, -0.05) is 31.5 Å². The highest BCUT2D eigenvalue weighted by Crippen LogP contribution is 2.35. The summed E-state index contributed by atoms with van der Waals surface area (Å²) in [6, 6.07) is 4.87. The summed E-state index contributed by atoms with van der Waals surface area (Å²) in [4.78, 5) is 0. The van der Waals surface area contributed by atoms with E-state index in [4.69, 9.17) is 16.3 Å². The second-order valence-corrected chi connectivity index (χ2v) is 5.97. The lowest BCUT2D eigenvalue weighted by Gasteiger charge is -2.20. The second-order valence-electron chi connectivity index (χ2n) is 5.57. The van der Waals surface area contributed by atoms with Crippen molar-refractivity contribution in [2.45, 2.75) is 26.4 Å². The molecule has 0 amide bonds. The molecule has 0 bridgehead atoms. The Morgan fingerprint density at radius 3 is 2.95 bits per heavy atom. The Morgan fingerprint density at radius 1 is 1.47 bits per heavy atom. The highest BCUT2D eigenvalue weighted by Gasteiger charge is 2.29. The van der Waals surface area contributed by atoms with Crippen molar-refractivity contribution in [2.75, 3.05) is 19.7 Å². The van der Waals surface area contributed by atoms with Gasteiger partial charge in [0.15, 0.2) is 0 Å². The van der Waals surface area contributed by atoms with E-state index < -0.39 is 0 Å². The molecule has 1 aromatic rings. The van der Waals surface area contributed by atoms with E-state index in [-0.39, 0.29) is 16.9 Å². The van der Waals surface area contributed by atoms with Gasteiger partial charge in [0.2, 0.25) is 0 Å². The molecule has 1 N–H and O–H groups in total. The van der Waals surface area contributed by atoms with Gasteiger partial charge >= 0.3 is 0 Å². The van der Waals surface area contributed by atoms with Crippen LogP contribution >= 0.6 is 11.6 Å². The van der Waals surface area contributed by atoms with Crippen molar-refractivity contribution in [3.63, 3.8) is 0 Å². The van der Waals surface area contributed by atoms with Crippen LogP contribution in [-0.2, 0) is 4.74 Å². The molecule has 106 valence electrons. The largest absolute Gasteiger partial charge is 0.373 e. The first kappa shape index (κ1) is 14.8. The summed E-state index contributed by atoms with van der Waals surface area (Å²) in [5, 5.41) is 3.63. The van der Waals surface area contributed by atoms with Gasteiger partial charge in [0.05, 0.1) is 11.1 Å². The Kier molecular flexibility index (Phi) is 5.20. The lowest BCUT2D eigenvalue weighted by Crippen LogP contribution is -2.28. The fraction of sp³-hybridized carbons (Fsp3) is 0.600. The van der Waals surface area contributed by atoms with E-state index in [9.17, 15) is 4.39 Å². The van der Waals surface area contributed by atoms with Gasteiger partial charge in [0.25, 0.3) is 0 Å². The van der Waals surface area contributed by atoms with Crippen molar-refractivity contribution in [2.24, 2.45) is 11.8 Å². The number of hydrogen-bond donors (Lipinski definition) is 1. The Labute approximate surface area is 119 Å². The van der Waals surface area contributed by atoms with Crippen molar-refractivity contribution in [3.8, 4) is 0 Å². The summed E-state index contributed by atoms with van der Waals surface area (Å²) in [6.07, 6.45) is 1.06. The summed E-state index contributed by atoms with van der Waals surface area (Å²) in [5.41, 5.74) is 0.972. The average molecular weight is 286 g/mol. The molecule has 1 aromatic carbocycles. The topological polar surface area (TPSA) is 21.3 Å². The van der Waals surface area contributed by atoms with E-state index in [1.807, 2.05) is 0 Å². The number of halogens is 2. The van der Waals surface area contributed by atoms with Gasteiger partial charge in [0.1, 0.15) is 5.82 Å². The first-order chi connectivity index (χ1) is 9.08. The predicted octanol–water partition coefficient (Wildman–Crippen LogP) is 3.80. The summed E-state index contributed by atoms with van der Waals surface area (Å²) in [5.74, 6) is 0.694. The zero-order valence-corrected chi connectivity index (χ0v) is 12.2. The van der Waals surface area contributed by atoms with E-state index in [1.165, 1.54) is 6.07 Å². The van der Waals surface area contributed by atoms with Crippen molar-refractivity contribution in [1.29, 1.82) is 0 Å². The fourth-order valence-corrected chi connectivity index (χ4v) is 2.65. The Morgan fingerprint density at radius 2 is 2.26 bits per heavy atom. The normalized spacial score (nSPS) is 23.2. The molecule has 0 spiro atoms. The van der Waals surface area contributed by atoms with Crippen LogP contribution in [0.3, 0.4) is 0 Å². The maximum atomic E-state index is 13.2. The molecular weight excluding hydrogens is 265 g/mol. The Balaban J connectivity index is 1.99. The second kappa shape index (κ2) is 6.69. The lowest BCUT2D eigenvalue weighted by molar-refractivity contribution is 0.0903. The highest BCUT2D eigenvalue weighted by molar-refractivity contribution is 6.30. The van der Waals surface area contributed by atoms with Crippen molar-refractivity contribution >= 4 is 11.6 Å². The van der Waals surface area contributed by atoms with Crippen LogP contribution in [-0.4, -0.2) is 19.7 Å². The van der Waals surface area contributed by atoms with E-state index in [0.717, 1.165) is 31.7 Å². The first-order valence-electron chi connectivity index (χ1n) is 6.85. The molecule has 1 heterocycles. The highest BCUT2D eigenvalue weighted by atomic mass is 35.5. The van der Waals surface area contributed by atoms with E-state index >= 15 is 0 Å². The van der Waals surface area contributed by atoms with Crippen LogP contribution in [0.15, 0.2) is 18.2 Å². The zero-order chi connectivity index (χ0) is 13.8. The van der Waals surface area contributed by atoms with Gasteiger partial charge in [-0.2, -0.15) is 0 Å². The summed E-state index contributed by atoms with van der Waals surface area (Å²) in [6.45, 7) is 7.07. The lowest BCUT2D eigenvalue weighted by atomic mass is 9.95. The number of rotatable bonds is 5. The Bertz CT molecular complexity index is 425. The molecule has 0 saturated carbocycles. The molecule has 0 radical (unpaired) electrons. The number of ether oxygens (including phenoxy) is 1. The van der Waals surface area contributed by atoms with Crippen LogP contribution in [0, 0.1) is 17.7 Å². The molecule has 1 fully saturated rings. The zero-order valence-electron chi connectivity index (χ0n) is 11.5. The SMILES string of the molecule is CC(C)CNCC1CCOC1c1ccc(F)c(Cl)c1. The quantitative estimate of drug-likeness (QED) is 0.888. The minimum atomic E-state index is -0.377. The third kappa shape index (κ3) is 3.91. The molecular formula is C15H21ClFNO. The number of benzene rings is 1. The van der Waals surface area contributed by atoms with Gasteiger partial charge in [-0.15, -0.1) is 0 Å². The van der Waals surface area contributed by atoms with E-state index in [0.29, 0.717) is 11.8 Å². The number of nitrogens with one attached hydrogen (secondary N) is 1. The molecule has 2 atom stereocenters. The molecule has 2 unspecified atom stereocenters. The van der Waals surface area contributed by atoms with Crippen molar-refractivity contribution < 1.29 is 9.13 Å². The molecule has 1 aliphatic heterocycles. The van der Waals surface area contributed by atoms with Crippen LogP contribution in [0.4, 0.5) is 4.39 Å². The smallest absolute Gasteiger partial charge is 0.141 e. The average Bonchev–Trinajstić information content (AvgIpc) is 2.80. The van der Waals surface area contributed by atoms with Crippen molar-refractivity contribution in [1.82, 2.24) is 5.32 Å². The third-order valence-corrected chi connectivity index (χ3v) is 3.74. The van der Waals surface area contributed by atoms with Crippen LogP contribution in [0.2, 0.25) is 5.02 Å². The standard InChI is InChI=1S/C15H21ClFNO/c1-10(2)8-18-9-12-5-6-19-15(12)11-3-4-14(17)13(16)7-11/h3-4,7,10,12,15,18H,5-6,8-9H2,1-2H3. The maximum Gasteiger partial charge on any atom is 0.141 e. The predicted molar refractivity (Wildman–Crippen MR) is 75.9 cm³/mol. The van der Waals surface area contributed by atoms with Gasteiger partial charge in [-0.05, 0) is 36.6 Å². The van der Waals surface area contributed by atoms with Crippen LogP contribution < -0.4 is 5.32 Å². The van der Waals surface area contributed by atoms with Crippen LogP contribution in [0.5, 0.6) is 0 Å². The summed E-state index contributed by atoms with van der Waals surface area (Å²) in [7, 11) is 0. The minimum Gasteiger partial charge on any atom is -0.373 e. The van der Waals surface area contributed by atoms with Gasteiger partial charge < -0.3 is 10.1 Å². The van der Waals surface area contributed by atoms with Gasteiger partial charge in [-0.3, -0.25) is 0 Å². The fourth-order valence-electron chi connectivity index (χ4n) is 2.46. The summed E-state index contributed by atoms with van der Waals surface area (Å²) < 4.78 is 19.0. The van der Waals surface area contributed by atoms with Gasteiger partial charge in [-0.25, -0.2) is 4.39 Å². The molecule has 1 saturated heterocycles. The summed E-state index contributed by atoms with van der Waals surface area (Å²) >= 11 is 5.84. The molecule has 1 aliphatic rings. The van der Waals surface area contributed by atoms with Crippen molar-refractivity contribution in [3.05, 3.63) is 34.6 Å². The van der Waals surface area contributed by atoms with Gasteiger partial charge in [0, 0.05) is 19.1 Å². The first-order valence-corrected chi connectivity index (χ1v) is 7.23. The monoisotopic (exact) mass is 285 g/mol. The molecule has 19 heavy (non-hydrogen) atoms. The minimum absolute atomic E-state index is 0.0257. The molecule has 0 aliphatic carbocycles. The maximum absolute atomic E-state index is 13.2. The number of hydrogen-bond acceptors (Lipinski definition) is 2. The molecule has 4 heteroatoms. The van der Waals surface area contributed by atoms with E-state index in [1.54, 1.807) is 12.1 Å². The Hall–Kier alpha value is -0.640. The molecule has 2 nitrogen and oxygen atoms in total. The van der Waals surface area contributed by atoms with Crippen LogP contribution in [0.25, 0.3) is 0 Å². The third-order valence-electron chi connectivity index (χ3n) is 3.45. The van der Waals surface area contributed by atoms with Crippen LogP contribution in [0.1, 0.15) is 31.9 Å². The van der Waals surface area contributed by atoms with E-state index in [2.05, 4.69) is 19.2 Å². The molecule has 2 rings (SSSR count). The molecule has 0 aromatic heterocycles.